The first-order chi connectivity index (χ1) is 41.0. The van der Waals surface area contributed by atoms with Crippen molar-refractivity contribution >= 4 is 17.9 Å². The van der Waals surface area contributed by atoms with Gasteiger partial charge in [-0.05, 0) is 148 Å². The number of ether oxygens (including phenoxy) is 3. The van der Waals surface area contributed by atoms with Gasteiger partial charge in [-0.2, -0.15) is 0 Å². The third kappa shape index (κ3) is 67.2. The smallest absolute Gasteiger partial charge is 0.306 e. The van der Waals surface area contributed by atoms with Gasteiger partial charge in [0.15, 0.2) is 6.10 Å². The Kier molecular flexibility index (Phi) is 64.4. The van der Waals surface area contributed by atoms with E-state index in [1.165, 1.54) is 57.8 Å². The number of rotatable bonds is 58. The molecular weight excluding hydrogens is 1020 g/mol. The fourth-order valence-corrected chi connectivity index (χ4v) is 8.53. The van der Waals surface area contributed by atoms with Gasteiger partial charge in [-0.25, -0.2) is 0 Å². The summed E-state index contributed by atoms with van der Waals surface area (Å²) in [6, 6.07) is 0. The van der Waals surface area contributed by atoms with Crippen LogP contribution >= 0.6 is 0 Å². The van der Waals surface area contributed by atoms with Gasteiger partial charge in [-0.3, -0.25) is 14.4 Å². The molecule has 0 bridgehead atoms. The molecule has 6 nitrogen and oxygen atoms in total. The number of hydrogen-bond acceptors (Lipinski definition) is 6. The van der Waals surface area contributed by atoms with Crippen molar-refractivity contribution in [2.45, 2.75) is 271 Å². The number of carbonyl (C=O) groups excluding carboxylic acids is 3. The summed E-state index contributed by atoms with van der Waals surface area (Å²) in [5.41, 5.74) is 0. The first-order valence-electron chi connectivity index (χ1n) is 33.3. The zero-order valence-electron chi connectivity index (χ0n) is 53.1. The van der Waals surface area contributed by atoms with E-state index in [0.29, 0.717) is 19.3 Å². The van der Waals surface area contributed by atoms with E-state index in [1.807, 2.05) is 0 Å². The highest BCUT2D eigenvalue weighted by molar-refractivity contribution is 5.71. The van der Waals surface area contributed by atoms with Crippen molar-refractivity contribution in [3.63, 3.8) is 0 Å². The monoisotopic (exact) mass is 1140 g/mol. The van der Waals surface area contributed by atoms with E-state index >= 15 is 0 Å². The van der Waals surface area contributed by atoms with Gasteiger partial charge < -0.3 is 14.2 Å². The Labute approximate surface area is 510 Å². The van der Waals surface area contributed by atoms with E-state index in [0.717, 1.165) is 161 Å². The minimum Gasteiger partial charge on any atom is -0.462 e. The Morgan fingerprint density at radius 1 is 0.241 bits per heavy atom. The van der Waals surface area contributed by atoms with Gasteiger partial charge in [-0.1, -0.05) is 280 Å². The van der Waals surface area contributed by atoms with Gasteiger partial charge >= 0.3 is 17.9 Å². The fourth-order valence-electron chi connectivity index (χ4n) is 8.53. The van der Waals surface area contributed by atoms with Gasteiger partial charge in [0.05, 0.1) is 0 Å². The lowest BCUT2D eigenvalue weighted by molar-refractivity contribution is -0.167. The molecule has 464 valence electrons. The lowest BCUT2D eigenvalue weighted by atomic mass is 10.0. The predicted octanol–water partition coefficient (Wildman–Crippen LogP) is 23.2. The molecule has 0 amide bonds. The highest BCUT2D eigenvalue weighted by Crippen LogP contribution is 2.15. The van der Waals surface area contributed by atoms with Crippen LogP contribution in [-0.2, 0) is 28.6 Å². The Morgan fingerprint density at radius 3 is 0.711 bits per heavy atom. The van der Waals surface area contributed by atoms with E-state index < -0.39 is 6.10 Å². The molecule has 0 aliphatic rings. The molecule has 1 atom stereocenters. The van der Waals surface area contributed by atoms with Gasteiger partial charge in [0.25, 0.3) is 0 Å². The van der Waals surface area contributed by atoms with Crippen molar-refractivity contribution < 1.29 is 28.6 Å². The summed E-state index contributed by atoms with van der Waals surface area (Å²) in [4.78, 5) is 38.3. The van der Waals surface area contributed by atoms with Crippen molar-refractivity contribution in [2.24, 2.45) is 0 Å². The molecule has 0 aromatic heterocycles. The normalized spacial score (nSPS) is 13.3. The molecule has 0 spiro atoms. The van der Waals surface area contributed by atoms with Crippen LogP contribution in [-0.4, -0.2) is 37.2 Å². The SMILES string of the molecule is CC/C=C\C/C=C\C/C=C\C/C=C\C/C=C\C/C=C\C/C=C\CCCCCCCCCCCCCC(=O)OCC(COC(=O)CCCCCCC/C=C\C/C=C\C/C=C\CC)OC(=O)CCC/C=C\C/C=C\C/C=C\C/C=C\C/C=C\CC. The van der Waals surface area contributed by atoms with Crippen LogP contribution in [0.2, 0.25) is 0 Å². The van der Waals surface area contributed by atoms with E-state index in [2.05, 4.69) is 203 Å². The largest absolute Gasteiger partial charge is 0.462 e. The van der Waals surface area contributed by atoms with Crippen molar-refractivity contribution in [3.05, 3.63) is 182 Å². The standard InChI is InChI=1S/C77H120O6/c1-4-7-10-13-16-19-22-25-28-30-31-32-33-34-35-36-37-38-39-40-41-42-43-44-45-47-49-52-55-58-61-64-67-70-76(79)82-73-74(72-81-75(78)69-66-63-60-57-54-51-48-27-24-21-18-15-12-9-6-3)83-77(80)71-68-65-62-59-56-53-50-46-29-26-23-20-17-14-11-8-5-2/h7-12,16-21,25-29,31-32,34-35,37-38,40-41,48,50,53,59,62,74H,4-6,13-15,22-24,30,33,36,39,42-47,49,51-52,54-58,60-61,63-73H2,1-3H3/b10-7-,11-8-,12-9-,19-16-,20-17-,21-18-,28-25-,29-26-,32-31-,35-34-,38-37-,41-40-,48-27-,53-50-,62-59-. The number of allylic oxidation sites excluding steroid dienone is 30. The van der Waals surface area contributed by atoms with E-state index in [4.69, 9.17) is 14.2 Å². The summed E-state index contributed by atoms with van der Waals surface area (Å²) >= 11 is 0. The molecule has 83 heavy (non-hydrogen) atoms. The molecule has 0 heterocycles. The van der Waals surface area contributed by atoms with E-state index in [-0.39, 0.29) is 37.5 Å². The van der Waals surface area contributed by atoms with Crippen molar-refractivity contribution in [3.8, 4) is 0 Å². The second-order valence-electron chi connectivity index (χ2n) is 21.2. The molecule has 1 unspecified atom stereocenters. The minimum absolute atomic E-state index is 0.116. The molecule has 6 heteroatoms. The maximum Gasteiger partial charge on any atom is 0.306 e. The summed E-state index contributed by atoms with van der Waals surface area (Å²) < 4.78 is 16.9. The zero-order valence-corrected chi connectivity index (χ0v) is 53.1. The molecule has 0 aromatic rings. The average molecular weight is 1140 g/mol. The first-order valence-corrected chi connectivity index (χ1v) is 33.3. The van der Waals surface area contributed by atoms with Crippen LogP contribution < -0.4 is 0 Å². The van der Waals surface area contributed by atoms with Crippen LogP contribution in [0.4, 0.5) is 0 Å². The van der Waals surface area contributed by atoms with Crippen LogP contribution in [0, 0.1) is 0 Å². The topological polar surface area (TPSA) is 78.9 Å². The Balaban J connectivity index is 4.36. The fraction of sp³-hybridized carbons (Fsp3) is 0.571. The van der Waals surface area contributed by atoms with Crippen LogP contribution in [0.25, 0.3) is 0 Å². The zero-order chi connectivity index (χ0) is 59.9. The van der Waals surface area contributed by atoms with E-state index in [9.17, 15) is 14.4 Å². The second-order valence-corrected chi connectivity index (χ2v) is 21.2. The quantitative estimate of drug-likeness (QED) is 0.0261. The van der Waals surface area contributed by atoms with Crippen LogP contribution in [0.5, 0.6) is 0 Å². The molecule has 0 rings (SSSR count). The Morgan fingerprint density at radius 2 is 0.446 bits per heavy atom. The third-order valence-electron chi connectivity index (χ3n) is 13.4. The van der Waals surface area contributed by atoms with Crippen LogP contribution in [0.1, 0.15) is 265 Å². The molecule has 0 saturated heterocycles. The molecular formula is C77H120O6. The van der Waals surface area contributed by atoms with Gasteiger partial charge in [-0.15, -0.1) is 0 Å². The van der Waals surface area contributed by atoms with Crippen LogP contribution in [0.15, 0.2) is 182 Å². The molecule has 0 aromatic carbocycles. The lowest BCUT2D eigenvalue weighted by Gasteiger charge is -2.18. The molecule has 0 aliphatic heterocycles. The minimum atomic E-state index is -0.827. The van der Waals surface area contributed by atoms with E-state index in [1.54, 1.807) is 0 Å². The van der Waals surface area contributed by atoms with Gasteiger partial charge in [0.1, 0.15) is 13.2 Å². The highest BCUT2D eigenvalue weighted by atomic mass is 16.6. The van der Waals surface area contributed by atoms with Crippen molar-refractivity contribution in [1.82, 2.24) is 0 Å². The maximum absolute atomic E-state index is 12.9. The maximum atomic E-state index is 12.9. The number of esters is 3. The lowest BCUT2D eigenvalue weighted by Crippen LogP contribution is -2.30. The molecule has 0 fully saturated rings. The summed E-state index contributed by atoms with van der Waals surface area (Å²) in [6.45, 7) is 6.23. The predicted molar refractivity (Wildman–Crippen MR) is 361 cm³/mol. The molecule has 0 radical (unpaired) electrons. The average Bonchev–Trinajstić information content (AvgIpc) is 3.49. The van der Waals surface area contributed by atoms with Crippen LogP contribution in [0.3, 0.4) is 0 Å². The summed E-state index contributed by atoms with van der Waals surface area (Å²) in [6.07, 6.45) is 103. The Bertz CT molecular complexity index is 1940. The Hall–Kier alpha value is -5.49. The van der Waals surface area contributed by atoms with Crippen molar-refractivity contribution in [1.29, 1.82) is 0 Å². The molecule has 0 saturated carbocycles. The number of unbranched alkanes of at least 4 members (excludes halogenated alkanes) is 17. The summed E-state index contributed by atoms with van der Waals surface area (Å²) in [7, 11) is 0. The summed E-state index contributed by atoms with van der Waals surface area (Å²) in [5.74, 6) is -1.000. The molecule has 0 aliphatic carbocycles. The third-order valence-corrected chi connectivity index (χ3v) is 13.4. The van der Waals surface area contributed by atoms with Gasteiger partial charge in [0, 0.05) is 19.3 Å². The van der Waals surface area contributed by atoms with Gasteiger partial charge in [0.2, 0.25) is 0 Å². The second kappa shape index (κ2) is 69.0. The van der Waals surface area contributed by atoms with Crippen molar-refractivity contribution in [2.75, 3.05) is 13.2 Å². The number of hydrogen-bond donors (Lipinski definition) is 0. The highest BCUT2D eigenvalue weighted by Gasteiger charge is 2.19. The summed E-state index contributed by atoms with van der Waals surface area (Å²) in [5, 5.41) is 0. The number of carbonyl (C=O) groups is 3. The first kappa shape index (κ1) is 77.5. The molecule has 0 N–H and O–H groups in total.